The summed E-state index contributed by atoms with van der Waals surface area (Å²) < 4.78 is 0. The summed E-state index contributed by atoms with van der Waals surface area (Å²) in [6.45, 7) is 6.98. The maximum absolute atomic E-state index is 13.0. The Labute approximate surface area is 211 Å². The number of benzene rings is 1. The quantitative estimate of drug-likeness (QED) is 0.200. The molecule has 0 bridgehead atoms. The number of hydrogen-bond acceptors (Lipinski definition) is 6. The fraction of sp³-hybridized carbons (Fsp3) is 0.560. The minimum absolute atomic E-state index is 0.00852. The number of carboxylic acid groups (broad SMARTS) is 2. The van der Waals surface area contributed by atoms with Crippen molar-refractivity contribution in [2.75, 3.05) is 0 Å². The largest absolute Gasteiger partial charge is 0.481 e. The number of carbonyl (C=O) groups is 5. The zero-order chi connectivity index (χ0) is 27.4. The topological polar surface area (TPSA) is 188 Å². The molecule has 4 unspecified atom stereocenters. The minimum atomic E-state index is -1.25. The van der Waals surface area contributed by atoms with Crippen molar-refractivity contribution in [2.24, 2.45) is 17.6 Å². The second kappa shape index (κ2) is 14.8. The molecular formula is C25H38N4O7. The van der Waals surface area contributed by atoms with Crippen molar-refractivity contribution >= 4 is 29.7 Å². The Hall–Kier alpha value is -3.47. The molecule has 0 saturated heterocycles. The Morgan fingerprint density at radius 3 is 1.92 bits per heavy atom. The van der Waals surface area contributed by atoms with Crippen LogP contribution >= 0.6 is 0 Å². The van der Waals surface area contributed by atoms with Gasteiger partial charge in [-0.2, -0.15) is 0 Å². The van der Waals surface area contributed by atoms with Gasteiger partial charge in [0.2, 0.25) is 17.7 Å². The molecule has 0 heterocycles. The van der Waals surface area contributed by atoms with Crippen LogP contribution in [0.4, 0.5) is 0 Å². The van der Waals surface area contributed by atoms with E-state index in [1.807, 2.05) is 19.9 Å². The van der Waals surface area contributed by atoms with Crippen molar-refractivity contribution in [3.63, 3.8) is 0 Å². The highest BCUT2D eigenvalue weighted by molar-refractivity contribution is 5.94. The van der Waals surface area contributed by atoms with E-state index in [2.05, 4.69) is 16.0 Å². The van der Waals surface area contributed by atoms with Crippen LogP contribution in [0, 0.1) is 11.8 Å². The van der Waals surface area contributed by atoms with Gasteiger partial charge in [-0.05, 0) is 36.7 Å². The molecule has 0 radical (unpaired) electrons. The first-order chi connectivity index (χ1) is 16.8. The van der Waals surface area contributed by atoms with Crippen LogP contribution in [0.5, 0.6) is 0 Å². The lowest BCUT2D eigenvalue weighted by molar-refractivity contribution is -0.143. The van der Waals surface area contributed by atoms with Crippen LogP contribution in [0.15, 0.2) is 30.3 Å². The highest BCUT2D eigenvalue weighted by Crippen LogP contribution is 2.09. The molecule has 1 aromatic carbocycles. The molecule has 0 aliphatic rings. The smallest absolute Gasteiger partial charge is 0.326 e. The second-order valence-electron chi connectivity index (χ2n) is 9.55. The monoisotopic (exact) mass is 506 g/mol. The Balaban J connectivity index is 2.96. The highest BCUT2D eigenvalue weighted by atomic mass is 16.4. The standard InChI is InChI=1S/C25H38N4O7/c1-14(2)12-19(25(35)36)28-24(34)21(15(3)4)29-23(33)18(10-11-20(30)31)27-22(32)17(26)13-16-8-6-5-7-9-16/h5-9,14-15,17-19,21H,10-13,26H2,1-4H3,(H,27,32)(H,28,34)(H,29,33)(H,30,31)(H,35,36). The summed E-state index contributed by atoms with van der Waals surface area (Å²) in [6.07, 6.45) is -0.206. The van der Waals surface area contributed by atoms with Crippen molar-refractivity contribution in [3.05, 3.63) is 35.9 Å². The van der Waals surface area contributed by atoms with E-state index in [1.165, 1.54) is 0 Å². The van der Waals surface area contributed by atoms with Gasteiger partial charge < -0.3 is 31.9 Å². The number of nitrogens with one attached hydrogen (secondary N) is 3. The van der Waals surface area contributed by atoms with E-state index in [0.717, 1.165) is 5.56 Å². The average Bonchev–Trinajstić information content (AvgIpc) is 2.79. The van der Waals surface area contributed by atoms with Crippen molar-refractivity contribution < 1.29 is 34.2 Å². The van der Waals surface area contributed by atoms with Crippen LogP contribution in [-0.2, 0) is 30.4 Å². The number of amides is 3. The molecule has 3 amide bonds. The van der Waals surface area contributed by atoms with Crippen molar-refractivity contribution in [1.82, 2.24) is 16.0 Å². The molecule has 0 saturated carbocycles. The lowest BCUT2D eigenvalue weighted by Gasteiger charge is -2.27. The third-order valence-corrected chi connectivity index (χ3v) is 5.48. The highest BCUT2D eigenvalue weighted by Gasteiger charge is 2.32. The van der Waals surface area contributed by atoms with Gasteiger partial charge in [-0.3, -0.25) is 19.2 Å². The molecule has 0 fully saturated rings. The summed E-state index contributed by atoms with van der Waals surface area (Å²) in [5, 5.41) is 26.0. The van der Waals surface area contributed by atoms with Crippen molar-refractivity contribution in [1.29, 1.82) is 0 Å². The molecule has 11 nitrogen and oxygen atoms in total. The Bertz CT molecular complexity index is 905. The van der Waals surface area contributed by atoms with Gasteiger partial charge in [-0.15, -0.1) is 0 Å². The summed E-state index contributed by atoms with van der Waals surface area (Å²) in [7, 11) is 0. The molecule has 200 valence electrons. The van der Waals surface area contributed by atoms with Crippen LogP contribution in [0.25, 0.3) is 0 Å². The summed E-state index contributed by atoms with van der Waals surface area (Å²) in [5.41, 5.74) is 6.81. The van der Waals surface area contributed by atoms with Gasteiger partial charge >= 0.3 is 11.9 Å². The number of aliphatic carboxylic acids is 2. The molecule has 0 aliphatic heterocycles. The first-order valence-electron chi connectivity index (χ1n) is 12.0. The van der Waals surface area contributed by atoms with Gasteiger partial charge in [-0.25, -0.2) is 4.79 Å². The molecule has 1 rings (SSSR count). The zero-order valence-corrected chi connectivity index (χ0v) is 21.2. The van der Waals surface area contributed by atoms with E-state index in [1.54, 1.807) is 38.1 Å². The number of rotatable bonds is 15. The third kappa shape index (κ3) is 10.9. The van der Waals surface area contributed by atoms with Gasteiger partial charge in [0, 0.05) is 6.42 Å². The number of nitrogens with two attached hydrogens (primary N) is 1. The normalized spacial score (nSPS) is 14.4. The molecule has 4 atom stereocenters. The number of carboxylic acids is 2. The molecule has 0 spiro atoms. The maximum atomic E-state index is 13.0. The third-order valence-electron chi connectivity index (χ3n) is 5.48. The van der Waals surface area contributed by atoms with Gasteiger partial charge in [0.05, 0.1) is 6.04 Å². The van der Waals surface area contributed by atoms with Crippen LogP contribution in [0.2, 0.25) is 0 Å². The van der Waals surface area contributed by atoms with E-state index in [4.69, 9.17) is 10.8 Å². The Morgan fingerprint density at radius 1 is 0.833 bits per heavy atom. The first kappa shape index (κ1) is 30.6. The van der Waals surface area contributed by atoms with Crippen LogP contribution in [0.1, 0.15) is 52.5 Å². The summed E-state index contributed by atoms with van der Waals surface area (Å²) >= 11 is 0. The molecule has 0 aromatic heterocycles. The number of hydrogen-bond donors (Lipinski definition) is 6. The number of carbonyl (C=O) groups excluding carboxylic acids is 3. The van der Waals surface area contributed by atoms with Gasteiger partial charge in [0.1, 0.15) is 18.1 Å². The Morgan fingerprint density at radius 2 is 1.42 bits per heavy atom. The van der Waals surface area contributed by atoms with E-state index in [0.29, 0.717) is 0 Å². The summed E-state index contributed by atoms with van der Waals surface area (Å²) in [4.78, 5) is 61.2. The molecule has 7 N–H and O–H groups in total. The molecular weight excluding hydrogens is 468 g/mol. The van der Waals surface area contributed by atoms with Crippen molar-refractivity contribution in [3.8, 4) is 0 Å². The van der Waals surface area contributed by atoms with Gasteiger partial charge in [-0.1, -0.05) is 58.0 Å². The minimum Gasteiger partial charge on any atom is -0.481 e. The summed E-state index contributed by atoms with van der Waals surface area (Å²) in [5.74, 6) is -4.85. The first-order valence-corrected chi connectivity index (χ1v) is 12.0. The molecule has 0 aliphatic carbocycles. The zero-order valence-electron chi connectivity index (χ0n) is 21.2. The van der Waals surface area contributed by atoms with E-state index >= 15 is 0 Å². The average molecular weight is 507 g/mol. The molecule has 1 aromatic rings. The predicted molar refractivity (Wildman–Crippen MR) is 133 cm³/mol. The lowest BCUT2D eigenvalue weighted by Crippen LogP contribution is -2.58. The summed E-state index contributed by atoms with van der Waals surface area (Å²) in [6, 6.07) is 4.56. The molecule has 11 heteroatoms. The van der Waals surface area contributed by atoms with Gasteiger partial charge in [0.25, 0.3) is 0 Å². The second-order valence-corrected chi connectivity index (χ2v) is 9.55. The predicted octanol–water partition coefficient (Wildman–Crippen LogP) is 0.662. The van der Waals surface area contributed by atoms with Gasteiger partial charge in [0.15, 0.2) is 0 Å². The molecule has 36 heavy (non-hydrogen) atoms. The van der Waals surface area contributed by atoms with E-state index in [-0.39, 0.29) is 25.2 Å². The fourth-order valence-corrected chi connectivity index (χ4v) is 3.52. The van der Waals surface area contributed by atoms with Crippen LogP contribution in [0.3, 0.4) is 0 Å². The fourth-order valence-electron chi connectivity index (χ4n) is 3.52. The Kier molecular flexibility index (Phi) is 12.6. The van der Waals surface area contributed by atoms with Crippen LogP contribution in [-0.4, -0.2) is 64.0 Å². The maximum Gasteiger partial charge on any atom is 0.326 e. The van der Waals surface area contributed by atoms with Crippen LogP contribution < -0.4 is 21.7 Å². The SMILES string of the molecule is CC(C)CC(NC(=O)C(NC(=O)C(CCC(=O)O)NC(=O)C(N)Cc1ccccc1)C(C)C)C(=O)O. The lowest BCUT2D eigenvalue weighted by atomic mass is 9.99. The van der Waals surface area contributed by atoms with Crippen molar-refractivity contribution in [2.45, 2.75) is 77.5 Å². The van der Waals surface area contributed by atoms with E-state index in [9.17, 15) is 29.1 Å². The van der Waals surface area contributed by atoms with E-state index < -0.39 is 66.2 Å².